The fraction of sp³-hybridized carbons (Fsp3) is 0. The minimum absolute atomic E-state index is 0.204. The molecule has 0 atom stereocenters. The van der Waals surface area contributed by atoms with Gasteiger partial charge in [-0.2, -0.15) is 0 Å². The molecule has 1 N–H and O–H groups in total. The molecule has 0 aliphatic heterocycles. The summed E-state index contributed by atoms with van der Waals surface area (Å²) >= 11 is 12.0. The molecule has 0 unspecified atom stereocenters. The summed E-state index contributed by atoms with van der Waals surface area (Å²) in [7, 11) is 0. The molecule has 4 nitrogen and oxygen atoms in total. The molecule has 3 rings (SSSR count). The Balaban J connectivity index is 2.12. The molecule has 0 aliphatic rings. The van der Waals surface area contributed by atoms with Crippen LogP contribution in [0.1, 0.15) is 0 Å². The first-order chi connectivity index (χ1) is 9.65. The monoisotopic (exact) mass is 305 g/mol. The zero-order valence-electron chi connectivity index (χ0n) is 10.2. The quantitative estimate of drug-likeness (QED) is 0.787. The van der Waals surface area contributed by atoms with Crippen LogP contribution in [0.4, 0.5) is 0 Å². The fourth-order valence-corrected chi connectivity index (χ4v) is 2.41. The molecule has 2 aromatic heterocycles. The van der Waals surface area contributed by atoms with Crippen LogP contribution >= 0.6 is 23.2 Å². The number of hydrogen-bond donors (Lipinski definition) is 1. The summed E-state index contributed by atoms with van der Waals surface area (Å²) in [5.74, 6) is 0.522. The average Bonchev–Trinajstić information content (AvgIpc) is 2.81. The zero-order valence-corrected chi connectivity index (χ0v) is 11.7. The second-order valence-corrected chi connectivity index (χ2v) is 5.00. The van der Waals surface area contributed by atoms with Crippen LogP contribution < -0.4 is 5.56 Å². The van der Waals surface area contributed by atoms with Crippen molar-refractivity contribution < 1.29 is 0 Å². The van der Waals surface area contributed by atoms with E-state index in [2.05, 4.69) is 10.1 Å². The van der Waals surface area contributed by atoms with Crippen LogP contribution in [0.2, 0.25) is 10.0 Å². The smallest absolute Gasteiger partial charge is 0.273 e. The Kier molecular flexibility index (Phi) is 3.34. The molecule has 0 amide bonds. The Bertz CT molecular complexity index is 809. The highest BCUT2D eigenvalue weighted by atomic mass is 35.5. The second-order valence-electron chi connectivity index (χ2n) is 4.16. The van der Waals surface area contributed by atoms with Crippen molar-refractivity contribution in [1.29, 1.82) is 0 Å². The Morgan fingerprint density at radius 2 is 1.95 bits per heavy atom. The number of pyridine rings is 1. The Labute approximate surface area is 124 Å². The lowest BCUT2D eigenvalue weighted by atomic mass is 10.1. The summed E-state index contributed by atoms with van der Waals surface area (Å²) in [6, 6.07) is 11.9. The van der Waals surface area contributed by atoms with Gasteiger partial charge in [0.05, 0.1) is 10.7 Å². The zero-order chi connectivity index (χ0) is 14.1. The minimum atomic E-state index is -0.204. The number of nitrogens with zero attached hydrogens (tertiary/aromatic N) is 2. The molecule has 0 aliphatic carbocycles. The molecule has 0 spiro atoms. The molecule has 0 radical (unpaired) electrons. The molecular formula is C14H9Cl2N3O. The van der Waals surface area contributed by atoms with E-state index in [0.717, 1.165) is 0 Å². The van der Waals surface area contributed by atoms with E-state index in [1.54, 1.807) is 36.5 Å². The molecule has 3 aromatic rings. The third-order valence-electron chi connectivity index (χ3n) is 2.82. The first-order valence-corrected chi connectivity index (χ1v) is 6.59. The van der Waals surface area contributed by atoms with E-state index in [1.165, 1.54) is 10.7 Å². The molecule has 20 heavy (non-hydrogen) atoms. The van der Waals surface area contributed by atoms with Crippen molar-refractivity contribution in [3.05, 3.63) is 69.1 Å². The van der Waals surface area contributed by atoms with Crippen LogP contribution in [0.15, 0.2) is 53.5 Å². The Hall–Kier alpha value is -2.04. The van der Waals surface area contributed by atoms with Crippen molar-refractivity contribution in [2.45, 2.75) is 0 Å². The predicted molar refractivity (Wildman–Crippen MR) is 79.6 cm³/mol. The maximum absolute atomic E-state index is 12.0. The maximum atomic E-state index is 12.0. The van der Waals surface area contributed by atoms with Crippen molar-refractivity contribution in [1.82, 2.24) is 14.8 Å². The molecule has 6 heteroatoms. The lowest BCUT2D eigenvalue weighted by molar-refractivity contribution is 0.822. The highest BCUT2D eigenvalue weighted by Crippen LogP contribution is 2.28. The van der Waals surface area contributed by atoms with E-state index in [4.69, 9.17) is 23.2 Å². The lowest BCUT2D eigenvalue weighted by Crippen LogP contribution is -2.14. The normalized spacial score (nSPS) is 10.7. The lowest BCUT2D eigenvalue weighted by Gasteiger charge is -2.03. The Morgan fingerprint density at radius 3 is 2.65 bits per heavy atom. The first kappa shape index (κ1) is 13.0. The van der Waals surface area contributed by atoms with E-state index < -0.39 is 0 Å². The van der Waals surface area contributed by atoms with Crippen LogP contribution in [0.25, 0.3) is 17.1 Å². The van der Waals surface area contributed by atoms with Crippen LogP contribution in [-0.4, -0.2) is 14.8 Å². The van der Waals surface area contributed by atoms with Crippen molar-refractivity contribution in [3.8, 4) is 17.1 Å². The van der Waals surface area contributed by atoms with Gasteiger partial charge < -0.3 is 0 Å². The molecule has 0 fully saturated rings. The second kappa shape index (κ2) is 5.15. The molecular weight excluding hydrogens is 297 g/mol. The standard InChI is InChI=1S/C14H9Cl2N3O/c15-9-4-5-10(11(16)7-9)12-8-14(20)19(18-12)13-3-1-2-6-17-13/h1-8,18H. The largest absolute Gasteiger partial charge is 0.289 e. The number of hydrogen-bond acceptors (Lipinski definition) is 2. The first-order valence-electron chi connectivity index (χ1n) is 5.84. The van der Waals surface area contributed by atoms with Gasteiger partial charge in [-0.05, 0) is 30.3 Å². The third-order valence-corrected chi connectivity index (χ3v) is 3.37. The number of benzene rings is 1. The van der Waals surface area contributed by atoms with Gasteiger partial charge in [0, 0.05) is 22.8 Å². The predicted octanol–water partition coefficient (Wildman–Crippen LogP) is 3.53. The van der Waals surface area contributed by atoms with Crippen molar-refractivity contribution in [2.75, 3.05) is 0 Å². The number of aromatic amines is 1. The number of aromatic nitrogens is 3. The molecule has 0 saturated carbocycles. The number of H-pyrrole nitrogens is 1. The van der Waals surface area contributed by atoms with Crippen molar-refractivity contribution in [3.63, 3.8) is 0 Å². The molecule has 2 heterocycles. The number of rotatable bonds is 2. The van der Waals surface area contributed by atoms with Crippen LogP contribution in [0, 0.1) is 0 Å². The number of halogens is 2. The van der Waals surface area contributed by atoms with Gasteiger partial charge in [-0.25, -0.2) is 9.67 Å². The van der Waals surface area contributed by atoms with E-state index in [1.807, 2.05) is 6.07 Å². The van der Waals surface area contributed by atoms with E-state index >= 15 is 0 Å². The summed E-state index contributed by atoms with van der Waals surface area (Å²) in [5, 5.41) is 4.01. The molecule has 0 saturated heterocycles. The van der Waals surface area contributed by atoms with Crippen molar-refractivity contribution >= 4 is 23.2 Å². The van der Waals surface area contributed by atoms with Gasteiger partial charge in [0.2, 0.25) is 0 Å². The summed E-state index contributed by atoms with van der Waals surface area (Å²) in [6.07, 6.45) is 1.62. The van der Waals surface area contributed by atoms with Crippen LogP contribution in [-0.2, 0) is 0 Å². The maximum Gasteiger partial charge on any atom is 0.273 e. The highest BCUT2D eigenvalue weighted by Gasteiger charge is 2.10. The van der Waals surface area contributed by atoms with Crippen LogP contribution in [0.5, 0.6) is 0 Å². The average molecular weight is 306 g/mol. The highest BCUT2D eigenvalue weighted by molar-refractivity contribution is 6.36. The van der Waals surface area contributed by atoms with Gasteiger partial charge >= 0.3 is 0 Å². The van der Waals surface area contributed by atoms with E-state index in [0.29, 0.717) is 27.1 Å². The van der Waals surface area contributed by atoms with E-state index in [9.17, 15) is 4.79 Å². The van der Waals surface area contributed by atoms with E-state index in [-0.39, 0.29) is 5.56 Å². The van der Waals surface area contributed by atoms with Gasteiger partial charge in [0.25, 0.3) is 5.56 Å². The summed E-state index contributed by atoms with van der Waals surface area (Å²) in [4.78, 5) is 16.1. The number of nitrogens with one attached hydrogen (secondary N) is 1. The summed E-state index contributed by atoms with van der Waals surface area (Å²) in [5.41, 5.74) is 1.12. The van der Waals surface area contributed by atoms with Gasteiger partial charge in [-0.1, -0.05) is 29.3 Å². The van der Waals surface area contributed by atoms with Crippen LogP contribution in [0.3, 0.4) is 0 Å². The topological polar surface area (TPSA) is 50.7 Å². The summed E-state index contributed by atoms with van der Waals surface area (Å²) < 4.78 is 1.36. The van der Waals surface area contributed by atoms with Crippen molar-refractivity contribution in [2.24, 2.45) is 0 Å². The van der Waals surface area contributed by atoms with Gasteiger partial charge in [-0.15, -0.1) is 0 Å². The Morgan fingerprint density at radius 1 is 1.10 bits per heavy atom. The third kappa shape index (κ3) is 2.35. The van der Waals surface area contributed by atoms with Gasteiger partial charge in [-0.3, -0.25) is 9.89 Å². The molecule has 100 valence electrons. The van der Waals surface area contributed by atoms with Gasteiger partial charge in [0.15, 0.2) is 5.82 Å². The summed E-state index contributed by atoms with van der Waals surface area (Å²) in [6.45, 7) is 0. The molecule has 1 aromatic carbocycles. The fourth-order valence-electron chi connectivity index (χ4n) is 1.90. The SMILES string of the molecule is O=c1cc(-c2ccc(Cl)cc2Cl)[nH]n1-c1ccccn1. The molecule has 0 bridgehead atoms. The van der Waals surface area contributed by atoms with Gasteiger partial charge in [0.1, 0.15) is 0 Å². The minimum Gasteiger partial charge on any atom is -0.289 e.